The molecule has 0 aromatic heterocycles. The van der Waals surface area contributed by atoms with Crippen molar-refractivity contribution in [2.24, 2.45) is 45.8 Å². The molecule has 4 saturated carbocycles. The predicted octanol–water partition coefficient (Wildman–Crippen LogP) is 13.1. The number of nitrogens with one attached hydrogen (secondary N) is 7. The summed E-state index contributed by atoms with van der Waals surface area (Å²) in [4.78, 5) is 108. The zero-order chi connectivity index (χ0) is 84.9. The Morgan fingerprint density at radius 1 is 0.771 bits per heavy atom. The summed E-state index contributed by atoms with van der Waals surface area (Å²) in [5, 5.41) is 44.0. The molecule has 25 nitrogen and oxygen atoms in total. The van der Waals surface area contributed by atoms with E-state index in [0.29, 0.717) is 55.4 Å². The van der Waals surface area contributed by atoms with Gasteiger partial charge >= 0.3 is 12.2 Å². The maximum atomic E-state index is 16.2. The third-order valence-electron chi connectivity index (χ3n) is 25.7. The van der Waals surface area contributed by atoms with Gasteiger partial charge in [-0.3, -0.25) is 28.8 Å². The summed E-state index contributed by atoms with van der Waals surface area (Å²) in [7, 11) is 1.36. The van der Waals surface area contributed by atoms with Crippen LogP contribution in [-0.4, -0.2) is 179 Å². The third-order valence-corrected chi connectivity index (χ3v) is 26.3. The number of benzene rings is 4. The van der Waals surface area contributed by atoms with E-state index < -0.39 is 99.9 Å². The molecule has 0 bridgehead atoms. The molecule has 2 heterocycles. The van der Waals surface area contributed by atoms with Gasteiger partial charge in [0.2, 0.25) is 23.6 Å². The van der Waals surface area contributed by atoms with Gasteiger partial charge in [0.15, 0.2) is 5.78 Å². The van der Waals surface area contributed by atoms with E-state index in [0.717, 1.165) is 63.9 Å². The van der Waals surface area contributed by atoms with Crippen molar-refractivity contribution >= 4 is 82.1 Å². The Labute approximate surface area is 700 Å². The second-order valence-corrected chi connectivity index (χ2v) is 35.5. The average molecular weight is 1680 g/mol. The summed E-state index contributed by atoms with van der Waals surface area (Å²) in [5.74, 6) is -4.27. The molecule has 11 rings (SSSR count). The summed E-state index contributed by atoms with van der Waals surface area (Å²) in [6.07, 6.45) is 14.8. The fraction of sp³-hybridized carbons (Fsp3) is 0.584. The highest BCUT2D eigenvalue weighted by Gasteiger charge is 2.68. The van der Waals surface area contributed by atoms with E-state index in [1.165, 1.54) is 68.1 Å². The van der Waals surface area contributed by atoms with Crippen molar-refractivity contribution < 1.29 is 85.4 Å². The van der Waals surface area contributed by atoms with Gasteiger partial charge in [-0.2, -0.15) is 5.26 Å². The van der Waals surface area contributed by atoms with E-state index in [2.05, 4.69) is 63.2 Å². The van der Waals surface area contributed by atoms with E-state index in [9.17, 15) is 48.7 Å². The lowest BCUT2D eigenvalue weighted by molar-refractivity contribution is -0.207. The van der Waals surface area contributed by atoms with E-state index in [1.54, 1.807) is 49.1 Å². The predicted molar refractivity (Wildman–Crippen MR) is 441 cm³/mol. The first-order valence-corrected chi connectivity index (χ1v) is 42.2. The molecule has 7 aliphatic rings. The number of amides is 7. The first-order chi connectivity index (χ1) is 56.3. The highest BCUT2D eigenvalue weighted by atomic mass is 35.5. The number of hydrogen-bond donors (Lipinski definition) is 8. The number of allylic oxidation sites excluding steroid dienone is 4. The number of rotatable bonds is 33. The highest BCUT2D eigenvalue weighted by Crippen LogP contribution is 2.70. The molecule has 0 radical (unpaired) electrons. The minimum Gasteiger partial charge on any atom is -0.495 e. The minimum absolute atomic E-state index is 0.00381. The van der Waals surface area contributed by atoms with Crippen LogP contribution in [-0.2, 0) is 64.4 Å². The van der Waals surface area contributed by atoms with Crippen molar-refractivity contribution in [2.45, 2.75) is 205 Å². The van der Waals surface area contributed by atoms with Crippen LogP contribution in [0.2, 0.25) is 10.0 Å². The first kappa shape index (κ1) is 90.2. The molecule has 29 heteroatoms. The smallest absolute Gasteiger partial charge is 0.410 e. The maximum Gasteiger partial charge on any atom is 0.410 e. The number of aliphatic hydroxyl groups is 1. The molecule has 118 heavy (non-hydrogen) atoms. The average Bonchev–Trinajstić information content (AvgIpc) is 1.47. The van der Waals surface area contributed by atoms with Crippen LogP contribution in [0, 0.1) is 68.8 Å². The molecule has 2 saturated heterocycles. The summed E-state index contributed by atoms with van der Waals surface area (Å²) < 4.78 is 72.1. The fourth-order valence-electron chi connectivity index (χ4n) is 19.5. The molecule has 14 atom stereocenters. The zero-order valence-electron chi connectivity index (χ0n) is 69.0. The van der Waals surface area contributed by atoms with Gasteiger partial charge in [0.05, 0.1) is 88.4 Å². The first-order valence-electron chi connectivity index (χ1n) is 41.5. The molecule has 640 valence electrons. The number of carbonyl (C=O) groups is 8. The Balaban J connectivity index is 0.507. The number of anilines is 2. The Hall–Kier alpha value is -8.59. The molecule has 4 aromatic rings. The molecular formula is C89H115Cl2F2N9O16. The largest absolute Gasteiger partial charge is 0.495 e. The Bertz CT molecular complexity index is 4380. The van der Waals surface area contributed by atoms with Crippen LogP contribution in [0.3, 0.4) is 0 Å². The number of likely N-dealkylation sites (tertiary alicyclic amines) is 1. The summed E-state index contributed by atoms with van der Waals surface area (Å²) in [5.41, 5.74) is -0.577. The van der Waals surface area contributed by atoms with Crippen LogP contribution >= 0.6 is 23.2 Å². The number of nitriles is 1. The number of alkyl carbamates (subject to hydrolysis) is 1. The second-order valence-electron chi connectivity index (χ2n) is 34.7. The Morgan fingerprint density at radius 2 is 1.47 bits per heavy atom. The second kappa shape index (κ2) is 39.7. The standard InChI is InChI=1S/C89H115Cl2F2N9O16/c1-53(2)77(81(107)96-54(3)79(105)97-60-20-13-55(14-21-60)51-117-84(110)102-37-30-61(31-38-102)98-83(109)118-63-27-33-86(7)58(48-63)18-24-67-66(86)28-34-87(8)65(29-35-89(67,87)111)56-15-22-62(103)23-16-56)101-74(104)32-39-113-41-43-115-45-46-116-44-42-114-40-36-95-80(106)57-17-26-71(72(47-57)112-9)99-82(108)78-75(64-11-10-12-69(91)76(64)93)88(52-94,73(100-78)50-85(4,5)6)68-25-19-59(90)49-70(68)92/h10-17,19-22,25-26,47,49,53-54,58,61,63,65-67,73,75,77-78,100,111H,18,23-24,27-46,48,50-51H2,1-9H3,(H,95,106)(H,96,107)(H,97,105)(H,98,109)(H,99,108)(H,101,104)/t54-,58+,63-,65+,66?,67?,73-,75-,77-,78+,86-,87+,88-,89-/m0/s1. The lowest BCUT2D eigenvalue weighted by Gasteiger charge is -2.63. The molecule has 2 unspecified atom stereocenters. The topological polar surface area (TPSA) is 333 Å². The van der Waals surface area contributed by atoms with Crippen molar-refractivity contribution in [2.75, 3.05) is 90.2 Å². The monoisotopic (exact) mass is 1670 g/mol. The maximum absolute atomic E-state index is 16.2. The van der Waals surface area contributed by atoms with Crippen LogP contribution in [0.4, 0.5) is 29.7 Å². The van der Waals surface area contributed by atoms with Gasteiger partial charge in [-0.05, 0) is 196 Å². The van der Waals surface area contributed by atoms with Crippen molar-refractivity contribution in [3.63, 3.8) is 0 Å². The molecule has 0 spiro atoms. The number of carbonyl (C=O) groups excluding carboxylic acids is 8. The van der Waals surface area contributed by atoms with Crippen LogP contribution in [0.5, 0.6) is 5.75 Å². The summed E-state index contributed by atoms with van der Waals surface area (Å²) in [6, 6.07) is 17.5. The van der Waals surface area contributed by atoms with Crippen molar-refractivity contribution in [1.29, 1.82) is 5.26 Å². The number of nitrogens with zero attached hydrogens (tertiary/aromatic N) is 2. The number of halogens is 4. The number of ketones is 1. The third kappa shape index (κ3) is 21.0. The zero-order valence-corrected chi connectivity index (χ0v) is 70.5. The highest BCUT2D eigenvalue weighted by molar-refractivity contribution is 6.31. The summed E-state index contributed by atoms with van der Waals surface area (Å²) >= 11 is 12.5. The number of ether oxygens (including phenoxy) is 7. The van der Waals surface area contributed by atoms with E-state index in [-0.39, 0.29) is 164 Å². The number of fused-ring (bicyclic) bond motifs is 5. The lowest BCUT2D eigenvalue weighted by atomic mass is 9.43. The number of piperidine rings is 1. The van der Waals surface area contributed by atoms with Crippen LogP contribution < -0.4 is 42.0 Å². The molecule has 6 fully saturated rings. The SMILES string of the molecule is COc1cc(C(=O)NCCOCCOCCOCCOCCC(=O)N[C@H](C(=O)N[C@@H](C)C(=O)Nc2ccc(COC(=O)N3CCC(NC(=O)O[C@H]4CC[C@]5(C)C6CC[C@]7(C)[C@@H](C8=CCC(=O)C=C8)CC[C@]7(O)C6CC[C@@H]5C4)CC3)cc2)C(C)C)ccc1NC(=O)[C@@H]1N[C@@H](CC(C)(C)C)[C@](C#N)(c2ccc(Cl)cc2F)[C@H]1c1cccc(Cl)c1F. The van der Waals surface area contributed by atoms with Gasteiger partial charge in [0, 0.05) is 77.7 Å². The molecule has 5 aliphatic carbocycles. The van der Waals surface area contributed by atoms with Gasteiger partial charge in [-0.15, -0.1) is 0 Å². The van der Waals surface area contributed by atoms with Crippen LogP contribution in [0.1, 0.15) is 178 Å². The van der Waals surface area contributed by atoms with E-state index in [1.807, 2.05) is 26.8 Å². The minimum atomic E-state index is -1.84. The molecular weight excluding hydrogens is 1560 g/mol. The van der Waals surface area contributed by atoms with Crippen LogP contribution in [0.25, 0.3) is 0 Å². The molecule has 8 N–H and O–H groups in total. The number of methoxy groups -OCH3 is 1. The van der Waals surface area contributed by atoms with Gasteiger partial charge in [-0.25, -0.2) is 18.4 Å². The fourth-order valence-corrected chi connectivity index (χ4v) is 19.8. The quantitative estimate of drug-likeness (QED) is 0.0205. The lowest BCUT2D eigenvalue weighted by Crippen LogP contribution is -2.62. The van der Waals surface area contributed by atoms with Crippen molar-refractivity contribution in [3.05, 3.63) is 147 Å². The van der Waals surface area contributed by atoms with Crippen LogP contribution in [0.15, 0.2) is 103 Å². The molecule has 2 aliphatic heterocycles. The molecule has 4 aromatic carbocycles. The van der Waals surface area contributed by atoms with Gasteiger partial charge < -0.3 is 80.4 Å². The van der Waals surface area contributed by atoms with E-state index >= 15 is 8.78 Å². The van der Waals surface area contributed by atoms with Gasteiger partial charge in [0.1, 0.15) is 47.6 Å². The Morgan fingerprint density at radius 3 is 2.14 bits per heavy atom. The van der Waals surface area contributed by atoms with Crippen molar-refractivity contribution in [3.8, 4) is 11.8 Å². The van der Waals surface area contributed by atoms with Gasteiger partial charge in [0.25, 0.3) is 5.91 Å². The number of hydrogen-bond acceptors (Lipinski definition) is 18. The van der Waals surface area contributed by atoms with E-state index in [4.69, 9.17) is 56.4 Å². The summed E-state index contributed by atoms with van der Waals surface area (Å²) in [6.45, 7) is 18.3. The Kier molecular flexibility index (Phi) is 30.4. The van der Waals surface area contributed by atoms with Crippen molar-refractivity contribution in [1.82, 2.24) is 31.5 Å². The molecule has 7 amide bonds. The van der Waals surface area contributed by atoms with Gasteiger partial charge in [-0.1, -0.05) is 114 Å². The normalized spacial score (nSPS) is 26.6.